The molecule has 0 bridgehead atoms. The van der Waals surface area contributed by atoms with E-state index in [4.69, 9.17) is 0 Å². The molecular weight excluding hydrogens is 227 g/mol. The van der Waals surface area contributed by atoms with Crippen molar-refractivity contribution in [3.05, 3.63) is 29.8 Å². The molecule has 1 N–H and O–H groups in total. The molecule has 0 amide bonds. The molecule has 0 fully saturated rings. The van der Waals surface area contributed by atoms with Gasteiger partial charge in [-0.3, -0.25) is 4.98 Å². The molecule has 0 spiro atoms. The summed E-state index contributed by atoms with van der Waals surface area (Å²) in [5, 5.41) is 3.41. The molecule has 0 aliphatic carbocycles. The molecule has 0 aliphatic rings. The van der Waals surface area contributed by atoms with Crippen molar-refractivity contribution in [2.45, 2.75) is 52.5 Å². The summed E-state index contributed by atoms with van der Waals surface area (Å²) in [6.07, 6.45) is 6.02. The molecule has 0 aromatic carbocycles. The van der Waals surface area contributed by atoms with Gasteiger partial charge >= 0.3 is 0 Å². The first-order chi connectivity index (χ1) is 8.69. The Balaban J connectivity index is 2.74. The highest BCUT2D eigenvalue weighted by atomic mass is 19.1. The highest BCUT2D eigenvalue weighted by Crippen LogP contribution is 2.24. The molecule has 0 aliphatic heterocycles. The lowest BCUT2D eigenvalue weighted by molar-refractivity contribution is 0.374. The minimum absolute atomic E-state index is 0.0349. The van der Waals surface area contributed by atoms with Gasteiger partial charge in [-0.15, -0.1) is 0 Å². The van der Waals surface area contributed by atoms with Crippen LogP contribution in [0.25, 0.3) is 0 Å². The molecule has 2 atom stereocenters. The standard InChI is InChI=1S/C15H25FN2/c1-4-7-12(3)11-14(17-9-5-2)15-13(16)8-6-10-18-15/h6,8,10,12,14,17H,4-5,7,9,11H2,1-3H3. The Morgan fingerprint density at radius 1 is 1.33 bits per heavy atom. The van der Waals surface area contributed by atoms with E-state index in [0.717, 1.165) is 19.4 Å². The van der Waals surface area contributed by atoms with Crippen LogP contribution >= 0.6 is 0 Å². The van der Waals surface area contributed by atoms with Crippen LogP contribution in [0.5, 0.6) is 0 Å². The Bertz CT molecular complexity index is 341. The van der Waals surface area contributed by atoms with Crippen LogP contribution in [0.1, 0.15) is 58.2 Å². The molecule has 0 saturated heterocycles. The smallest absolute Gasteiger partial charge is 0.146 e. The quantitative estimate of drug-likeness (QED) is 0.754. The van der Waals surface area contributed by atoms with Crippen LogP contribution in [0.4, 0.5) is 4.39 Å². The van der Waals surface area contributed by atoms with Crippen LogP contribution in [0, 0.1) is 11.7 Å². The Kier molecular flexibility index (Phi) is 6.88. The molecule has 18 heavy (non-hydrogen) atoms. The van der Waals surface area contributed by atoms with Crippen LogP contribution in [-0.4, -0.2) is 11.5 Å². The van der Waals surface area contributed by atoms with Crippen molar-refractivity contribution >= 4 is 0 Å². The number of hydrogen-bond acceptors (Lipinski definition) is 2. The predicted molar refractivity (Wildman–Crippen MR) is 73.9 cm³/mol. The van der Waals surface area contributed by atoms with Gasteiger partial charge in [-0.25, -0.2) is 4.39 Å². The monoisotopic (exact) mass is 252 g/mol. The Hall–Kier alpha value is -0.960. The van der Waals surface area contributed by atoms with Gasteiger partial charge in [-0.05, 0) is 37.4 Å². The second-order valence-corrected chi connectivity index (χ2v) is 5.01. The maximum Gasteiger partial charge on any atom is 0.146 e. The molecule has 2 unspecified atom stereocenters. The summed E-state index contributed by atoms with van der Waals surface area (Å²) >= 11 is 0. The van der Waals surface area contributed by atoms with E-state index < -0.39 is 0 Å². The van der Waals surface area contributed by atoms with Gasteiger partial charge in [0.15, 0.2) is 0 Å². The van der Waals surface area contributed by atoms with Crippen LogP contribution in [-0.2, 0) is 0 Å². The van der Waals surface area contributed by atoms with Crippen molar-refractivity contribution in [1.82, 2.24) is 10.3 Å². The third-order valence-corrected chi connectivity index (χ3v) is 3.18. The predicted octanol–water partition coefficient (Wildman–Crippen LogP) is 4.09. The molecule has 1 rings (SSSR count). The van der Waals surface area contributed by atoms with Gasteiger partial charge < -0.3 is 5.32 Å². The lowest BCUT2D eigenvalue weighted by atomic mass is 9.95. The van der Waals surface area contributed by atoms with Gasteiger partial charge in [0.2, 0.25) is 0 Å². The summed E-state index contributed by atoms with van der Waals surface area (Å²) in [6.45, 7) is 7.44. The first kappa shape index (κ1) is 15.1. The molecule has 1 aromatic rings. The van der Waals surface area contributed by atoms with Crippen LogP contribution in [0.15, 0.2) is 18.3 Å². The topological polar surface area (TPSA) is 24.9 Å². The minimum atomic E-state index is -0.199. The fourth-order valence-electron chi connectivity index (χ4n) is 2.28. The van der Waals surface area contributed by atoms with Crippen LogP contribution in [0.2, 0.25) is 0 Å². The average molecular weight is 252 g/mol. The van der Waals surface area contributed by atoms with Gasteiger partial charge in [0, 0.05) is 6.20 Å². The number of nitrogens with one attached hydrogen (secondary N) is 1. The van der Waals surface area contributed by atoms with Crippen molar-refractivity contribution < 1.29 is 4.39 Å². The van der Waals surface area contributed by atoms with E-state index in [2.05, 4.69) is 31.1 Å². The van der Waals surface area contributed by atoms with E-state index in [1.165, 1.54) is 18.9 Å². The number of halogens is 1. The number of hydrogen-bond donors (Lipinski definition) is 1. The zero-order valence-electron chi connectivity index (χ0n) is 11.7. The summed E-state index contributed by atoms with van der Waals surface area (Å²) < 4.78 is 13.8. The van der Waals surface area contributed by atoms with Gasteiger partial charge in [-0.1, -0.05) is 33.6 Å². The van der Waals surface area contributed by atoms with Gasteiger partial charge in [0.05, 0.1) is 11.7 Å². The molecule has 1 heterocycles. The summed E-state index contributed by atoms with van der Waals surface area (Å²) in [7, 11) is 0. The molecule has 102 valence electrons. The summed E-state index contributed by atoms with van der Waals surface area (Å²) in [5.41, 5.74) is 0.564. The Morgan fingerprint density at radius 3 is 2.72 bits per heavy atom. The minimum Gasteiger partial charge on any atom is -0.309 e. The van der Waals surface area contributed by atoms with Crippen molar-refractivity contribution in [3.8, 4) is 0 Å². The third-order valence-electron chi connectivity index (χ3n) is 3.18. The first-order valence-corrected chi connectivity index (χ1v) is 7.02. The largest absolute Gasteiger partial charge is 0.309 e. The highest BCUT2D eigenvalue weighted by molar-refractivity contribution is 5.11. The lowest BCUT2D eigenvalue weighted by Crippen LogP contribution is -2.25. The Labute approximate surface area is 110 Å². The zero-order chi connectivity index (χ0) is 13.4. The molecule has 2 nitrogen and oxygen atoms in total. The van der Waals surface area contributed by atoms with Crippen LogP contribution < -0.4 is 5.32 Å². The second kappa shape index (κ2) is 8.20. The van der Waals surface area contributed by atoms with Crippen molar-refractivity contribution in [1.29, 1.82) is 0 Å². The molecule has 0 saturated carbocycles. The summed E-state index contributed by atoms with van der Waals surface area (Å²) in [4.78, 5) is 4.21. The number of pyridine rings is 1. The maximum absolute atomic E-state index is 13.8. The zero-order valence-corrected chi connectivity index (χ0v) is 11.7. The molecule has 0 radical (unpaired) electrons. The van der Waals surface area contributed by atoms with E-state index >= 15 is 0 Å². The highest BCUT2D eigenvalue weighted by Gasteiger charge is 2.18. The summed E-state index contributed by atoms with van der Waals surface area (Å²) in [6, 6.07) is 3.17. The van der Waals surface area contributed by atoms with E-state index in [-0.39, 0.29) is 11.9 Å². The number of aromatic nitrogens is 1. The van der Waals surface area contributed by atoms with E-state index in [1.54, 1.807) is 12.3 Å². The van der Waals surface area contributed by atoms with Crippen molar-refractivity contribution in [3.63, 3.8) is 0 Å². The molecular formula is C15H25FN2. The van der Waals surface area contributed by atoms with Gasteiger partial charge in [0.25, 0.3) is 0 Å². The van der Waals surface area contributed by atoms with E-state index in [9.17, 15) is 4.39 Å². The molecule has 3 heteroatoms. The van der Waals surface area contributed by atoms with Crippen molar-refractivity contribution in [2.75, 3.05) is 6.54 Å². The molecule has 1 aromatic heterocycles. The van der Waals surface area contributed by atoms with E-state index in [1.807, 2.05) is 0 Å². The van der Waals surface area contributed by atoms with Gasteiger partial charge in [0.1, 0.15) is 5.82 Å². The number of nitrogens with zero attached hydrogens (tertiary/aromatic N) is 1. The fourth-order valence-corrected chi connectivity index (χ4v) is 2.28. The maximum atomic E-state index is 13.8. The van der Waals surface area contributed by atoms with E-state index in [0.29, 0.717) is 11.6 Å². The number of rotatable bonds is 8. The first-order valence-electron chi connectivity index (χ1n) is 7.02. The van der Waals surface area contributed by atoms with Crippen LogP contribution in [0.3, 0.4) is 0 Å². The van der Waals surface area contributed by atoms with Crippen molar-refractivity contribution in [2.24, 2.45) is 5.92 Å². The van der Waals surface area contributed by atoms with Gasteiger partial charge in [-0.2, -0.15) is 0 Å². The third kappa shape index (κ3) is 4.73. The average Bonchev–Trinajstić information content (AvgIpc) is 2.35. The fraction of sp³-hybridized carbons (Fsp3) is 0.667. The lowest BCUT2D eigenvalue weighted by Gasteiger charge is -2.22. The SMILES string of the molecule is CCCNC(CC(C)CCC)c1ncccc1F. The normalized spacial score (nSPS) is 14.4. The summed E-state index contributed by atoms with van der Waals surface area (Å²) in [5.74, 6) is 0.389. The second-order valence-electron chi connectivity index (χ2n) is 5.01. The Morgan fingerprint density at radius 2 is 2.11 bits per heavy atom.